The van der Waals surface area contributed by atoms with Gasteiger partial charge in [-0.25, -0.2) is 4.79 Å². The van der Waals surface area contributed by atoms with Gasteiger partial charge >= 0.3 is 5.97 Å². The zero-order valence-electron chi connectivity index (χ0n) is 13.6. The lowest BCUT2D eigenvalue weighted by Gasteiger charge is -2.34. The number of ether oxygens (including phenoxy) is 2. The van der Waals surface area contributed by atoms with E-state index in [1.54, 1.807) is 38.8 Å². The minimum absolute atomic E-state index is 0.156. The van der Waals surface area contributed by atoms with Gasteiger partial charge in [-0.3, -0.25) is 10.7 Å². The number of Topliss-reactive ketones (excluding diaryl/α,β-unsaturated/α-hetero) is 1. The molecule has 1 aliphatic rings. The van der Waals surface area contributed by atoms with E-state index in [2.05, 4.69) is 0 Å². The van der Waals surface area contributed by atoms with Gasteiger partial charge in [-0.05, 0) is 45.9 Å². The summed E-state index contributed by atoms with van der Waals surface area (Å²) < 4.78 is 10.7. The summed E-state index contributed by atoms with van der Waals surface area (Å²) in [5, 5.41) is 9.16. The summed E-state index contributed by atoms with van der Waals surface area (Å²) in [7, 11) is 0. The Kier molecular flexibility index (Phi) is 4.52. The fraction of sp³-hybridized carbons (Fsp3) is 0.333. The van der Waals surface area contributed by atoms with Crippen molar-refractivity contribution in [3.05, 3.63) is 52.0 Å². The van der Waals surface area contributed by atoms with Gasteiger partial charge in [0.2, 0.25) is 0 Å². The maximum Gasteiger partial charge on any atom is 0.344 e. The van der Waals surface area contributed by atoms with E-state index in [9.17, 15) is 9.59 Å². The zero-order chi connectivity index (χ0) is 17.2. The van der Waals surface area contributed by atoms with Crippen LogP contribution < -0.4 is 4.74 Å². The highest BCUT2D eigenvalue weighted by Crippen LogP contribution is 2.37. The van der Waals surface area contributed by atoms with Crippen LogP contribution in [0.15, 0.2) is 35.4 Å². The normalized spacial score (nSPS) is 17.0. The first-order chi connectivity index (χ1) is 10.8. The fourth-order valence-electron chi connectivity index (χ4n) is 2.39. The van der Waals surface area contributed by atoms with Gasteiger partial charge in [-0.15, -0.1) is 0 Å². The molecule has 0 saturated heterocycles. The van der Waals surface area contributed by atoms with Crippen molar-refractivity contribution in [2.24, 2.45) is 0 Å². The van der Waals surface area contributed by atoms with Crippen molar-refractivity contribution >= 4 is 17.6 Å². The van der Waals surface area contributed by atoms with Crippen LogP contribution in [0.1, 0.15) is 36.7 Å². The average Bonchev–Trinajstić information content (AvgIpc) is 2.48. The third-order valence-corrected chi connectivity index (χ3v) is 3.54. The molecule has 0 saturated carbocycles. The monoisotopic (exact) mass is 312 g/mol. The smallest absolute Gasteiger partial charge is 0.344 e. The molecule has 1 aromatic rings. The maximum atomic E-state index is 12.8. The van der Waals surface area contributed by atoms with E-state index in [-0.39, 0.29) is 23.5 Å². The Bertz CT molecular complexity index is 752. The molecule has 0 spiro atoms. The van der Waals surface area contributed by atoms with Gasteiger partial charge < -0.3 is 14.9 Å². The van der Waals surface area contributed by atoms with E-state index < -0.39 is 11.6 Å². The molecule has 0 bridgehead atoms. The van der Waals surface area contributed by atoms with Gasteiger partial charge in [-0.2, -0.15) is 0 Å². The van der Waals surface area contributed by atoms with Crippen molar-refractivity contribution in [2.45, 2.75) is 33.3 Å². The molecule has 1 aliphatic heterocycles. The van der Waals surface area contributed by atoms with Gasteiger partial charge in [0.15, 0.2) is 5.78 Å². The molecular formula is C18H18NO4-. The van der Waals surface area contributed by atoms with Crippen LogP contribution in [-0.2, 0) is 9.53 Å². The lowest BCUT2D eigenvalue weighted by Crippen LogP contribution is -2.39. The number of fused-ring (bicyclic) bond motifs is 1. The van der Waals surface area contributed by atoms with Crippen LogP contribution >= 0.6 is 0 Å². The Balaban J connectivity index is 2.53. The lowest BCUT2D eigenvalue weighted by molar-refractivity contribution is -0.137. The molecule has 5 nitrogen and oxygen atoms in total. The number of carbonyl (C=O) groups is 2. The highest BCUT2D eigenvalue weighted by molar-refractivity contribution is 6.14. The molecule has 2 rings (SSSR count). The molecule has 1 heterocycles. The highest BCUT2D eigenvalue weighted by Gasteiger charge is 2.38. The molecule has 0 amide bonds. The molecule has 23 heavy (non-hydrogen) atoms. The molecule has 1 aromatic carbocycles. The molecule has 0 atom stereocenters. The third-order valence-electron chi connectivity index (χ3n) is 3.54. The van der Waals surface area contributed by atoms with Crippen molar-refractivity contribution in [1.29, 1.82) is 0 Å². The number of aryl methyl sites for hydroxylation is 1. The molecule has 0 radical (unpaired) electrons. The van der Waals surface area contributed by atoms with Gasteiger partial charge in [0.1, 0.15) is 11.4 Å². The summed E-state index contributed by atoms with van der Waals surface area (Å²) in [6.45, 7) is 7.13. The number of hydrogen-bond donors (Lipinski definition) is 0. The Morgan fingerprint density at radius 2 is 2.13 bits per heavy atom. The second kappa shape index (κ2) is 6.23. The van der Waals surface area contributed by atoms with Crippen LogP contribution in [0.5, 0.6) is 5.75 Å². The standard InChI is InChI=1S/C18H18NO4/c1-5-22-17(21)12(10-19)9-14-16(20)13-8-11(2)6-7-15(13)23-18(14,3)4/h6-9H,5H2,1-4H3/q-1/b14-9+. The third kappa shape index (κ3) is 3.25. The molecule has 0 aromatic heterocycles. The molecular weight excluding hydrogens is 294 g/mol. The second-order valence-corrected chi connectivity index (χ2v) is 5.75. The number of nitrogens with zero attached hydrogens (tertiary/aromatic N) is 1. The molecule has 120 valence electrons. The van der Waals surface area contributed by atoms with Crippen molar-refractivity contribution < 1.29 is 19.1 Å². The van der Waals surface area contributed by atoms with Crippen molar-refractivity contribution in [3.63, 3.8) is 0 Å². The second-order valence-electron chi connectivity index (χ2n) is 5.75. The highest BCUT2D eigenvalue weighted by atomic mass is 16.5. The Hall–Kier alpha value is -2.65. The number of carbonyl (C=O) groups excluding carboxylic acids is 2. The van der Waals surface area contributed by atoms with Gasteiger partial charge in [0.05, 0.1) is 17.7 Å². The first-order valence-electron chi connectivity index (χ1n) is 7.31. The molecule has 0 fully saturated rings. The van der Waals surface area contributed by atoms with Gasteiger partial charge in [-0.1, -0.05) is 11.6 Å². The summed E-state index contributed by atoms with van der Waals surface area (Å²) in [5.74, 6) is 1.28. The van der Waals surface area contributed by atoms with E-state index >= 15 is 0 Å². The number of esters is 1. The first kappa shape index (κ1) is 16.7. The number of rotatable bonds is 3. The quantitative estimate of drug-likeness (QED) is 0.488. The van der Waals surface area contributed by atoms with Gasteiger partial charge in [0, 0.05) is 5.57 Å². The summed E-state index contributed by atoms with van der Waals surface area (Å²) in [5.41, 5.74) is 0.433. The molecule has 0 N–H and O–H groups in total. The van der Waals surface area contributed by atoms with Crippen molar-refractivity contribution in [1.82, 2.24) is 0 Å². The van der Waals surface area contributed by atoms with Crippen molar-refractivity contribution in [3.8, 4) is 5.75 Å². The topological polar surface area (TPSA) is 74.9 Å². The van der Waals surface area contributed by atoms with Crippen LogP contribution in [0, 0.1) is 6.92 Å². The van der Waals surface area contributed by atoms with Gasteiger partial charge in [0.25, 0.3) is 0 Å². The zero-order valence-corrected chi connectivity index (χ0v) is 13.6. The summed E-state index contributed by atoms with van der Waals surface area (Å²) in [6, 6.07) is 5.35. The van der Waals surface area contributed by atoms with Crippen LogP contribution in [0.3, 0.4) is 0 Å². The lowest BCUT2D eigenvalue weighted by atomic mass is 9.85. The summed E-state index contributed by atoms with van der Waals surface area (Å²) in [6.07, 6.45) is 1.27. The SMILES string of the molecule is CCOC(=O)C(=C=[N-])/C=C1\C(=O)c2cc(C)ccc2OC1(C)C. The Labute approximate surface area is 135 Å². The van der Waals surface area contributed by atoms with E-state index in [1.165, 1.54) is 6.08 Å². The average molecular weight is 312 g/mol. The van der Waals surface area contributed by atoms with Crippen molar-refractivity contribution in [2.75, 3.05) is 6.61 Å². The van der Waals surface area contributed by atoms with Crippen LogP contribution in [0.4, 0.5) is 0 Å². The Morgan fingerprint density at radius 3 is 2.74 bits per heavy atom. The molecule has 5 heteroatoms. The minimum Gasteiger partial charge on any atom is -0.763 e. The maximum absolute atomic E-state index is 12.8. The first-order valence-corrected chi connectivity index (χ1v) is 7.31. The van der Waals surface area contributed by atoms with E-state index in [0.29, 0.717) is 11.3 Å². The predicted molar refractivity (Wildman–Crippen MR) is 86.8 cm³/mol. The molecule has 0 unspecified atom stereocenters. The minimum atomic E-state index is -0.950. The number of ketones is 1. The Morgan fingerprint density at radius 1 is 1.43 bits per heavy atom. The van der Waals surface area contributed by atoms with Crippen LogP contribution in [-0.4, -0.2) is 29.8 Å². The van der Waals surface area contributed by atoms with E-state index in [4.69, 9.17) is 14.9 Å². The number of hydrogen-bond acceptors (Lipinski definition) is 4. The van der Waals surface area contributed by atoms with Crippen LogP contribution in [0.2, 0.25) is 0 Å². The number of benzene rings is 1. The fourth-order valence-corrected chi connectivity index (χ4v) is 2.39. The molecule has 0 aliphatic carbocycles. The predicted octanol–water partition coefficient (Wildman–Crippen LogP) is 3.00. The van der Waals surface area contributed by atoms with E-state index in [0.717, 1.165) is 5.56 Å². The summed E-state index contributed by atoms with van der Waals surface area (Å²) in [4.78, 5) is 24.6. The van der Waals surface area contributed by atoms with Crippen LogP contribution in [0.25, 0.3) is 5.41 Å². The largest absolute Gasteiger partial charge is 0.763 e. The van der Waals surface area contributed by atoms with E-state index in [1.807, 2.05) is 13.0 Å². The summed E-state index contributed by atoms with van der Waals surface area (Å²) >= 11 is 0.